The van der Waals surface area contributed by atoms with Gasteiger partial charge < -0.3 is 10.2 Å². The average molecular weight is 230 g/mol. The second-order valence-electron chi connectivity index (χ2n) is 5.23. The molecule has 0 saturated heterocycles. The lowest BCUT2D eigenvalue weighted by molar-refractivity contribution is -0.147. The standard InChI is InChI=1S/C13H26O3/c1-4-5-8-11(14)9-6-7-10-13(2,3)12(15)16/h11,14H,4-10H2,1-3H3,(H,15,16). The van der Waals surface area contributed by atoms with E-state index in [-0.39, 0.29) is 6.10 Å². The molecule has 2 N–H and O–H groups in total. The van der Waals surface area contributed by atoms with Gasteiger partial charge in [-0.2, -0.15) is 0 Å². The summed E-state index contributed by atoms with van der Waals surface area (Å²) in [5, 5.41) is 18.5. The van der Waals surface area contributed by atoms with Gasteiger partial charge in [0.1, 0.15) is 0 Å². The Hall–Kier alpha value is -0.570. The second-order valence-corrected chi connectivity index (χ2v) is 5.23. The van der Waals surface area contributed by atoms with Gasteiger partial charge in [-0.05, 0) is 33.1 Å². The van der Waals surface area contributed by atoms with Crippen LogP contribution in [0, 0.1) is 5.41 Å². The number of carbonyl (C=O) groups is 1. The first kappa shape index (κ1) is 15.4. The smallest absolute Gasteiger partial charge is 0.309 e. The van der Waals surface area contributed by atoms with Gasteiger partial charge in [0.15, 0.2) is 0 Å². The fraction of sp³-hybridized carbons (Fsp3) is 0.923. The van der Waals surface area contributed by atoms with Crippen LogP contribution in [-0.4, -0.2) is 22.3 Å². The Balaban J connectivity index is 3.56. The highest BCUT2D eigenvalue weighted by Crippen LogP contribution is 2.24. The van der Waals surface area contributed by atoms with Gasteiger partial charge in [-0.3, -0.25) is 4.79 Å². The van der Waals surface area contributed by atoms with Crippen LogP contribution < -0.4 is 0 Å². The van der Waals surface area contributed by atoms with E-state index >= 15 is 0 Å². The first-order valence-electron chi connectivity index (χ1n) is 6.31. The molecule has 0 heterocycles. The molecule has 3 heteroatoms. The number of aliphatic hydroxyl groups is 1. The molecule has 1 unspecified atom stereocenters. The van der Waals surface area contributed by atoms with Crippen molar-refractivity contribution < 1.29 is 15.0 Å². The van der Waals surface area contributed by atoms with Gasteiger partial charge in [0, 0.05) is 0 Å². The Morgan fingerprint density at radius 1 is 1.19 bits per heavy atom. The molecule has 0 fully saturated rings. The number of carboxylic acids is 1. The molecule has 3 nitrogen and oxygen atoms in total. The zero-order chi connectivity index (χ0) is 12.6. The number of aliphatic hydroxyl groups excluding tert-OH is 1. The summed E-state index contributed by atoms with van der Waals surface area (Å²) >= 11 is 0. The Labute approximate surface area is 98.9 Å². The summed E-state index contributed by atoms with van der Waals surface area (Å²) in [6, 6.07) is 0. The lowest BCUT2D eigenvalue weighted by Crippen LogP contribution is -2.23. The molecular weight excluding hydrogens is 204 g/mol. The first-order valence-corrected chi connectivity index (χ1v) is 6.31. The normalized spacial score (nSPS) is 13.8. The minimum Gasteiger partial charge on any atom is -0.481 e. The van der Waals surface area contributed by atoms with E-state index in [1.807, 2.05) is 0 Å². The molecule has 0 rings (SSSR count). The Morgan fingerprint density at radius 3 is 2.25 bits per heavy atom. The van der Waals surface area contributed by atoms with Gasteiger partial charge in [0.2, 0.25) is 0 Å². The minimum atomic E-state index is -0.737. The van der Waals surface area contributed by atoms with Gasteiger partial charge in [-0.25, -0.2) is 0 Å². The van der Waals surface area contributed by atoms with Crippen molar-refractivity contribution >= 4 is 5.97 Å². The largest absolute Gasteiger partial charge is 0.481 e. The Kier molecular flexibility index (Phi) is 7.39. The fourth-order valence-electron chi connectivity index (χ4n) is 1.64. The van der Waals surface area contributed by atoms with E-state index in [9.17, 15) is 9.90 Å². The Morgan fingerprint density at radius 2 is 1.75 bits per heavy atom. The van der Waals surface area contributed by atoms with Crippen molar-refractivity contribution in [1.82, 2.24) is 0 Å². The van der Waals surface area contributed by atoms with E-state index < -0.39 is 11.4 Å². The molecule has 0 aliphatic heterocycles. The molecule has 0 aliphatic rings. The number of rotatable bonds is 9. The molecule has 0 amide bonds. The van der Waals surface area contributed by atoms with Crippen LogP contribution in [-0.2, 0) is 4.79 Å². The third kappa shape index (κ3) is 6.83. The topological polar surface area (TPSA) is 57.5 Å². The lowest BCUT2D eigenvalue weighted by Gasteiger charge is -2.19. The van der Waals surface area contributed by atoms with E-state index in [0.717, 1.165) is 38.5 Å². The molecule has 0 spiro atoms. The molecule has 0 radical (unpaired) electrons. The van der Waals surface area contributed by atoms with Crippen LogP contribution in [0.15, 0.2) is 0 Å². The zero-order valence-electron chi connectivity index (χ0n) is 10.8. The van der Waals surface area contributed by atoms with Crippen LogP contribution in [0.2, 0.25) is 0 Å². The molecule has 0 aromatic carbocycles. The van der Waals surface area contributed by atoms with Crippen LogP contribution in [0.5, 0.6) is 0 Å². The average Bonchev–Trinajstić information content (AvgIpc) is 2.21. The first-order chi connectivity index (χ1) is 7.40. The maximum atomic E-state index is 10.8. The van der Waals surface area contributed by atoms with Crippen LogP contribution in [0.1, 0.15) is 65.7 Å². The second kappa shape index (κ2) is 7.66. The zero-order valence-corrected chi connectivity index (χ0v) is 10.8. The van der Waals surface area contributed by atoms with Crippen molar-refractivity contribution in [2.75, 3.05) is 0 Å². The molecule has 0 aromatic rings. The molecule has 0 bridgehead atoms. The van der Waals surface area contributed by atoms with Crippen molar-refractivity contribution in [2.24, 2.45) is 5.41 Å². The third-order valence-corrected chi connectivity index (χ3v) is 3.06. The molecule has 16 heavy (non-hydrogen) atoms. The summed E-state index contributed by atoms with van der Waals surface area (Å²) < 4.78 is 0. The summed E-state index contributed by atoms with van der Waals surface area (Å²) in [6.45, 7) is 5.62. The maximum Gasteiger partial charge on any atom is 0.309 e. The highest BCUT2D eigenvalue weighted by molar-refractivity contribution is 5.73. The van der Waals surface area contributed by atoms with Crippen molar-refractivity contribution in [1.29, 1.82) is 0 Å². The van der Waals surface area contributed by atoms with E-state index in [0.29, 0.717) is 6.42 Å². The van der Waals surface area contributed by atoms with E-state index in [2.05, 4.69) is 6.92 Å². The number of carboxylic acid groups (broad SMARTS) is 1. The lowest BCUT2D eigenvalue weighted by atomic mass is 9.87. The maximum absolute atomic E-state index is 10.8. The third-order valence-electron chi connectivity index (χ3n) is 3.06. The highest BCUT2D eigenvalue weighted by atomic mass is 16.4. The summed E-state index contributed by atoms with van der Waals surface area (Å²) in [5.74, 6) is -0.737. The summed E-state index contributed by atoms with van der Waals surface area (Å²) in [7, 11) is 0. The van der Waals surface area contributed by atoms with E-state index in [1.165, 1.54) is 0 Å². The van der Waals surface area contributed by atoms with E-state index in [1.54, 1.807) is 13.8 Å². The number of hydrogen-bond donors (Lipinski definition) is 2. The van der Waals surface area contributed by atoms with Gasteiger partial charge in [0.05, 0.1) is 11.5 Å². The van der Waals surface area contributed by atoms with Crippen LogP contribution >= 0.6 is 0 Å². The van der Waals surface area contributed by atoms with Crippen LogP contribution in [0.25, 0.3) is 0 Å². The quantitative estimate of drug-likeness (QED) is 0.598. The highest BCUT2D eigenvalue weighted by Gasteiger charge is 2.26. The summed E-state index contributed by atoms with van der Waals surface area (Å²) in [4.78, 5) is 10.8. The number of aliphatic carboxylic acids is 1. The van der Waals surface area contributed by atoms with Crippen molar-refractivity contribution in [3.63, 3.8) is 0 Å². The van der Waals surface area contributed by atoms with Gasteiger partial charge in [-0.15, -0.1) is 0 Å². The predicted molar refractivity (Wildman–Crippen MR) is 65.4 cm³/mol. The number of hydrogen-bond acceptors (Lipinski definition) is 2. The van der Waals surface area contributed by atoms with Gasteiger partial charge >= 0.3 is 5.97 Å². The minimum absolute atomic E-state index is 0.201. The van der Waals surface area contributed by atoms with Crippen molar-refractivity contribution in [3.05, 3.63) is 0 Å². The molecular formula is C13H26O3. The SMILES string of the molecule is CCCCC(O)CCCCC(C)(C)C(=O)O. The summed E-state index contributed by atoms with van der Waals surface area (Å²) in [6.07, 6.45) is 6.14. The monoisotopic (exact) mass is 230 g/mol. The molecule has 0 aromatic heterocycles. The summed E-state index contributed by atoms with van der Waals surface area (Å²) in [5.41, 5.74) is -0.631. The van der Waals surface area contributed by atoms with Crippen molar-refractivity contribution in [2.45, 2.75) is 71.8 Å². The molecule has 1 atom stereocenters. The molecule has 96 valence electrons. The number of unbranched alkanes of at least 4 members (excludes halogenated alkanes) is 2. The molecule has 0 aliphatic carbocycles. The Bertz CT molecular complexity index is 199. The van der Waals surface area contributed by atoms with Gasteiger partial charge in [-0.1, -0.05) is 32.6 Å². The predicted octanol–water partition coefficient (Wildman–Crippen LogP) is 3.21. The molecule has 0 saturated carbocycles. The van der Waals surface area contributed by atoms with Crippen molar-refractivity contribution in [3.8, 4) is 0 Å². The van der Waals surface area contributed by atoms with Gasteiger partial charge in [0.25, 0.3) is 0 Å². The van der Waals surface area contributed by atoms with Crippen LogP contribution in [0.3, 0.4) is 0 Å². The van der Waals surface area contributed by atoms with Crippen LogP contribution in [0.4, 0.5) is 0 Å². The van der Waals surface area contributed by atoms with E-state index in [4.69, 9.17) is 5.11 Å². The fourth-order valence-corrected chi connectivity index (χ4v) is 1.64.